The van der Waals surface area contributed by atoms with Gasteiger partial charge in [-0.1, -0.05) is 29.3 Å². The number of carbonyl (C=O) groups is 1. The molecule has 3 nitrogen and oxygen atoms in total. The molecule has 20 heavy (non-hydrogen) atoms. The van der Waals surface area contributed by atoms with Crippen molar-refractivity contribution < 1.29 is 4.79 Å². The lowest BCUT2D eigenvalue weighted by atomic mass is 10.1. The van der Waals surface area contributed by atoms with Crippen molar-refractivity contribution in [2.75, 3.05) is 7.05 Å². The Hall–Kier alpha value is -1.45. The number of hydrogen-bond donors (Lipinski definition) is 1. The van der Waals surface area contributed by atoms with Crippen molar-refractivity contribution in [1.82, 2.24) is 9.88 Å². The van der Waals surface area contributed by atoms with Gasteiger partial charge in [-0.05, 0) is 36.8 Å². The molecule has 0 saturated heterocycles. The molecule has 0 unspecified atom stereocenters. The van der Waals surface area contributed by atoms with Crippen LogP contribution >= 0.6 is 23.2 Å². The third kappa shape index (κ3) is 3.35. The highest BCUT2D eigenvalue weighted by molar-refractivity contribution is 6.35. The second-order valence-corrected chi connectivity index (χ2v) is 5.56. The van der Waals surface area contributed by atoms with Crippen molar-refractivity contribution in [3.8, 4) is 0 Å². The van der Waals surface area contributed by atoms with E-state index in [9.17, 15) is 4.79 Å². The van der Waals surface area contributed by atoms with Crippen LogP contribution in [-0.2, 0) is 11.2 Å². The lowest BCUT2D eigenvalue weighted by Crippen LogP contribution is -2.31. The summed E-state index contributed by atoms with van der Waals surface area (Å²) < 4.78 is 0. The molecule has 1 atom stereocenters. The van der Waals surface area contributed by atoms with E-state index in [1.807, 2.05) is 31.3 Å². The fourth-order valence-corrected chi connectivity index (χ4v) is 2.60. The Bertz CT molecular complexity index is 596. The Morgan fingerprint density at radius 1 is 1.35 bits per heavy atom. The quantitative estimate of drug-likeness (QED) is 0.907. The Morgan fingerprint density at radius 2 is 2.10 bits per heavy atom. The number of carbonyl (C=O) groups excluding carboxylic acids is 1. The Morgan fingerprint density at radius 3 is 2.70 bits per heavy atom. The van der Waals surface area contributed by atoms with E-state index in [0.717, 1.165) is 11.3 Å². The molecule has 0 aliphatic rings. The van der Waals surface area contributed by atoms with Crippen LogP contribution in [0.4, 0.5) is 0 Å². The summed E-state index contributed by atoms with van der Waals surface area (Å²) >= 11 is 12.1. The number of rotatable bonds is 4. The number of aromatic amines is 1. The van der Waals surface area contributed by atoms with Gasteiger partial charge in [0.2, 0.25) is 5.91 Å². The van der Waals surface area contributed by atoms with Gasteiger partial charge in [0.1, 0.15) is 0 Å². The van der Waals surface area contributed by atoms with Gasteiger partial charge in [0.15, 0.2) is 0 Å². The van der Waals surface area contributed by atoms with Gasteiger partial charge < -0.3 is 9.88 Å². The predicted molar refractivity (Wildman–Crippen MR) is 82.1 cm³/mol. The molecule has 1 N–H and O–H groups in total. The molecule has 2 rings (SSSR count). The molecule has 2 aromatic rings. The predicted octanol–water partition coefficient (Wildman–Crippen LogP) is 4.08. The maximum atomic E-state index is 12.2. The summed E-state index contributed by atoms with van der Waals surface area (Å²) in [5.74, 6) is 0.0333. The molecule has 0 fully saturated rings. The molecule has 1 aromatic carbocycles. The third-order valence-electron chi connectivity index (χ3n) is 3.39. The van der Waals surface area contributed by atoms with E-state index in [1.165, 1.54) is 0 Å². The van der Waals surface area contributed by atoms with E-state index < -0.39 is 0 Å². The van der Waals surface area contributed by atoms with E-state index in [0.29, 0.717) is 16.5 Å². The summed E-state index contributed by atoms with van der Waals surface area (Å²) in [4.78, 5) is 17.0. The third-order valence-corrected chi connectivity index (χ3v) is 3.95. The van der Waals surface area contributed by atoms with Crippen LogP contribution in [-0.4, -0.2) is 22.8 Å². The zero-order valence-electron chi connectivity index (χ0n) is 11.4. The fraction of sp³-hybridized carbons (Fsp3) is 0.267. The Balaban J connectivity index is 2.11. The average Bonchev–Trinajstić information content (AvgIpc) is 2.90. The summed E-state index contributed by atoms with van der Waals surface area (Å²) in [5.41, 5.74) is 1.79. The molecule has 0 saturated carbocycles. The van der Waals surface area contributed by atoms with Crippen molar-refractivity contribution in [2.45, 2.75) is 19.4 Å². The number of H-pyrrole nitrogens is 1. The van der Waals surface area contributed by atoms with E-state index in [2.05, 4.69) is 4.98 Å². The van der Waals surface area contributed by atoms with Crippen LogP contribution in [0.1, 0.15) is 24.2 Å². The molecule has 0 aliphatic carbocycles. The van der Waals surface area contributed by atoms with Gasteiger partial charge >= 0.3 is 0 Å². The number of nitrogens with zero attached hydrogens (tertiary/aromatic N) is 1. The van der Waals surface area contributed by atoms with Crippen molar-refractivity contribution >= 4 is 29.1 Å². The number of amides is 1. The van der Waals surface area contributed by atoms with Crippen LogP contribution in [0.3, 0.4) is 0 Å². The lowest BCUT2D eigenvalue weighted by molar-refractivity contribution is -0.131. The SMILES string of the molecule is C[C@@H](c1ccc(Cl)cc1Cl)N(C)C(=O)Cc1ccc[nH]1. The zero-order valence-corrected chi connectivity index (χ0v) is 12.9. The largest absolute Gasteiger partial charge is 0.365 e. The highest BCUT2D eigenvalue weighted by Gasteiger charge is 2.20. The van der Waals surface area contributed by atoms with Gasteiger partial charge in [0, 0.05) is 29.0 Å². The maximum Gasteiger partial charge on any atom is 0.228 e. The van der Waals surface area contributed by atoms with Gasteiger partial charge in [-0.15, -0.1) is 0 Å². The fourth-order valence-electron chi connectivity index (χ4n) is 2.03. The first-order chi connectivity index (χ1) is 9.49. The molecule has 0 bridgehead atoms. The minimum atomic E-state index is -0.109. The van der Waals surface area contributed by atoms with E-state index in [-0.39, 0.29) is 11.9 Å². The van der Waals surface area contributed by atoms with Crippen LogP contribution in [0.2, 0.25) is 10.0 Å². The molecular formula is C15H16Cl2N2O. The standard InChI is InChI=1S/C15H16Cl2N2O/c1-10(13-6-5-11(16)8-14(13)17)19(2)15(20)9-12-4-3-7-18-12/h3-8,10,18H,9H2,1-2H3/t10-/m0/s1. The molecule has 0 spiro atoms. The van der Waals surface area contributed by atoms with Crippen LogP contribution in [0.5, 0.6) is 0 Å². The minimum Gasteiger partial charge on any atom is -0.365 e. The molecule has 1 heterocycles. The van der Waals surface area contributed by atoms with E-state index >= 15 is 0 Å². The van der Waals surface area contributed by atoms with Crippen LogP contribution < -0.4 is 0 Å². The van der Waals surface area contributed by atoms with Crippen LogP contribution in [0.15, 0.2) is 36.5 Å². The number of nitrogens with one attached hydrogen (secondary N) is 1. The Labute approximate surface area is 128 Å². The molecule has 0 aliphatic heterocycles. The summed E-state index contributed by atoms with van der Waals surface area (Å²) in [6.07, 6.45) is 2.15. The van der Waals surface area contributed by atoms with E-state index in [4.69, 9.17) is 23.2 Å². The smallest absolute Gasteiger partial charge is 0.228 e. The second kappa shape index (κ2) is 6.33. The summed E-state index contributed by atoms with van der Waals surface area (Å²) in [6.45, 7) is 1.95. The summed E-state index contributed by atoms with van der Waals surface area (Å²) in [7, 11) is 1.78. The minimum absolute atomic E-state index is 0.0333. The first-order valence-electron chi connectivity index (χ1n) is 6.32. The topological polar surface area (TPSA) is 36.1 Å². The maximum absolute atomic E-state index is 12.2. The first-order valence-corrected chi connectivity index (χ1v) is 7.07. The molecule has 1 amide bonds. The highest BCUT2D eigenvalue weighted by Crippen LogP contribution is 2.29. The van der Waals surface area contributed by atoms with E-state index in [1.54, 1.807) is 24.1 Å². The number of hydrogen-bond acceptors (Lipinski definition) is 1. The molecule has 1 aromatic heterocycles. The molecule has 5 heteroatoms. The zero-order chi connectivity index (χ0) is 14.7. The van der Waals surface area contributed by atoms with Gasteiger partial charge in [0.25, 0.3) is 0 Å². The van der Waals surface area contributed by atoms with Crippen LogP contribution in [0.25, 0.3) is 0 Å². The first kappa shape index (κ1) is 14.9. The average molecular weight is 311 g/mol. The number of halogens is 2. The number of aromatic nitrogens is 1. The normalized spacial score (nSPS) is 12.2. The van der Waals surface area contributed by atoms with Gasteiger partial charge in [-0.2, -0.15) is 0 Å². The monoisotopic (exact) mass is 310 g/mol. The molecule has 0 radical (unpaired) electrons. The lowest BCUT2D eigenvalue weighted by Gasteiger charge is -2.26. The van der Waals surface area contributed by atoms with Crippen molar-refractivity contribution in [1.29, 1.82) is 0 Å². The number of benzene rings is 1. The van der Waals surface area contributed by atoms with Gasteiger partial charge in [-0.25, -0.2) is 0 Å². The molecular weight excluding hydrogens is 295 g/mol. The second-order valence-electron chi connectivity index (χ2n) is 4.72. The summed E-state index contributed by atoms with van der Waals surface area (Å²) in [6, 6.07) is 8.99. The number of likely N-dealkylation sites (N-methyl/N-ethyl adjacent to an activating group) is 1. The molecule has 106 valence electrons. The summed E-state index contributed by atoms with van der Waals surface area (Å²) in [5, 5.41) is 1.16. The Kier molecular flexibility index (Phi) is 4.73. The van der Waals surface area contributed by atoms with Gasteiger partial charge in [0.05, 0.1) is 12.5 Å². The van der Waals surface area contributed by atoms with Crippen molar-refractivity contribution in [3.05, 3.63) is 57.8 Å². The van der Waals surface area contributed by atoms with Crippen LogP contribution in [0, 0.1) is 0 Å². The van der Waals surface area contributed by atoms with Crippen molar-refractivity contribution in [3.63, 3.8) is 0 Å². The highest BCUT2D eigenvalue weighted by atomic mass is 35.5. The van der Waals surface area contributed by atoms with Crippen molar-refractivity contribution in [2.24, 2.45) is 0 Å². The van der Waals surface area contributed by atoms with Gasteiger partial charge in [-0.3, -0.25) is 4.79 Å².